The third-order valence-electron chi connectivity index (χ3n) is 5.08. The lowest BCUT2D eigenvalue weighted by atomic mass is 9.90. The summed E-state index contributed by atoms with van der Waals surface area (Å²) >= 11 is 1.92. The highest BCUT2D eigenvalue weighted by molar-refractivity contribution is 7.11. The maximum absolute atomic E-state index is 6.30. The Labute approximate surface area is 132 Å². The Bertz CT molecular complexity index is 463. The average molecular weight is 308 g/mol. The van der Waals surface area contributed by atoms with E-state index in [1.54, 1.807) is 0 Å². The number of fused-ring (bicyclic) bond motifs is 1. The molecule has 2 aliphatic carbocycles. The molecule has 21 heavy (non-hydrogen) atoms. The molecule has 0 saturated heterocycles. The van der Waals surface area contributed by atoms with Crippen molar-refractivity contribution in [3.8, 4) is 0 Å². The van der Waals surface area contributed by atoms with Crippen molar-refractivity contribution in [1.29, 1.82) is 0 Å². The average Bonchev–Trinajstić information content (AvgIpc) is 2.81. The molecule has 0 aromatic carbocycles. The Hall–Kier alpha value is -0.450. The van der Waals surface area contributed by atoms with Crippen LogP contribution in [0.3, 0.4) is 0 Å². The van der Waals surface area contributed by atoms with E-state index in [1.807, 2.05) is 11.3 Å². The molecule has 1 unspecified atom stereocenters. The predicted octanol–water partition coefficient (Wildman–Crippen LogP) is 4.11. The first-order valence-corrected chi connectivity index (χ1v) is 9.45. The molecule has 2 aliphatic rings. The van der Waals surface area contributed by atoms with E-state index in [2.05, 4.69) is 6.92 Å². The van der Waals surface area contributed by atoms with Crippen molar-refractivity contribution >= 4 is 11.3 Å². The zero-order valence-corrected chi connectivity index (χ0v) is 14.0. The minimum atomic E-state index is -0.105. The normalized spacial score (nSPS) is 25.3. The fourth-order valence-electron chi connectivity index (χ4n) is 3.93. The van der Waals surface area contributed by atoms with Gasteiger partial charge in [0.05, 0.1) is 5.69 Å². The van der Waals surface area contributed by atoms with Gasteiger partial charge in [-0.25, -0.2) is 4.98 Å². The zero-order chi connectivity index (χ0) is 14.7. The van der Waals surface area contributed by atoms with Crippen LogP contribution in [0.4, 0.5) is 0 Å². The lowest BCUT2D eigenvalue weighted by Gasteiger charge is -2.30. The van der Waals surface area contributed by atoms with Gasteiger partial charge >= 0.3 is 0 Å². The summed E-state index contributed by atoms with van der Waals surface area (Å²) in [5.41, 5.74) is 7.15. The van der Waals surface area contributed by atoms with Crippen LogP contribution in [0, 0.1) is 0 Å². The van der Waals surface area contributed by atoms with Crippen LogP contribution in [0.25, 0.3) is 0 Å². The van der Waals surface area contributed by atoms with Crippen LogP contribution < -0.4 is 5.73 Å². The minimum Gasteiger partial charge on any atom is -0.368 e. The van der Waals surface area contributed by atoms with Gasteiger partial charge in [-0.1, -0.05) is 25.7 Å². The summed E-state index contributed by atoms with van der Waals surface area (Å²) < 4.78 is 6.30. The Balaban J connectivity index is 1.94. The van der Waals surface area contributed by atoms with Crippen LogP contribution in [0.1, 0.15) is 79.8 Å². The van der Waals surface area contributed by atoms with Gasteiger partial charge in [0.25, 0.3) is 0 Å². The van der Waals surface area contributed by atoms with E-state index in [1.165, 1.54) is 60.5 Å². The van der Waals surface area contributed by atoms with Crippen molar-refractivity contribution in [2.75, 3.05) is 13.2 Å². The first-order chi connectivity index (χ1) is 10.3. The van der Waals surface area contributed by atoms with E-state index in [0.29, 0.717) is 5.92 Å². The van der Waals surface area contributed by atoms with Crippen molar-refractivity contribution in [1.82, 2.24) is 4.98 Å². The van der Waals surface area contributed by atoms with Crippen molar-refractivity contribution in [2.24, 2.45) is 5.73 Å². The number of ether oxygens (including phenoxy) is 1. The van der Waals surface area contributed by atoms with E-state index in [4.69, 9.17) is 15.5 Å². The molecule has 118 valence electrons. The summed E-state index contributed by atoms with van der Waals surface area (Å²) in [4.78, 5) is 6.55. The van der Waals surface area contributed by atoms with Crippen molar-refractivity contribution in [3.63, 3.8) is 0 Å². The standard InChI is InChI=1S/C17H28N2OS/c1-2-20-17(10-5-3-4-6-11-17)16-19-15-13(12-18)8-7-9-14(15)21-16/h13H,2-12,18H2,1H3. The van der Waals surface area contributed by atoms with E-state index >= 15 is 0 Å². The number of nitrogens with zero attached hydrogens (tertiary/aromatic N) is 1. The molecule has 2 N–H and O–H groups in total. The molecule has 4 heteroatoms. The van der Waals surface area contributed by atoms with Gasteiger partial charge in [0, 0.05) is 23.9 Å². The summed E-state index contributed by atoms with van der Waals surface area (Å²) in [5, 5.41) is 1.25. The molecule has 1 aromatic heterocycles. The minimum absolute atomic E-state index is 0.105. The van der Waals surface area contributed by atoms with Gasteiger partial charge in [0.1, 0.15) is 10.6 Å². The molecule has 1 fully saturated rings. The van der Waals surface area contributed by atoms with Gasteiger partial charge in [-0.3, -0.25) is 0 Å². The summed E-state index contributed by atoms with van der Waals surface area (Å²) in [7, 11) is 0. The summed E-state index contributed by atoms with van der Waals surface area (Å²) in [6, 6.07) is 0. The number of thiazole rings is 1. The van der Waals surface area contributed by atoms with E-state index in [0.717, 1.165) is 26.0 Å². The second kappa shape index (κ2) is 6.76. The number of nitrogens with two attached hydrogens (primary N) is 1. The maximum Gasteiger partial charge on any atom is 0.125 e. The molecule has 0 aliphatic heterocycles. The van der Waals surface area contributed by atoms with E-state index in [9.17, 15) is 0 Å². The van der Waals surface area contributed by atoms with Gasteiger partial charge < -0.3 is 10.5 Å². The SMILES string of the molecule is CCOC1(c2nc3c(s2)CCCC3CN)CCCCCC1. The molecule has 1 aromatic rings. The van der Waals surface area contributed by atoms with Crippen LogP contribution in [-0.2, 0) is 16.8 Å². The Morgan fingerprint density at radius 2 is 2.00 bits per heavy atom. The van der Waals surface area contributed by atoms with Gasteiger partial charge in [0.2, 0.25) is 0 Å². The summed E-state index contributed by atoms with van der Waals surface area (Å²) in [6.07, 6.45) is 11.1. The highest BCUT2D eigenvalue weighted by Crippen LogP contribution is 2.44. The number of aromatic nitrogens is 1. The summed E-state index contributed by atoms with van der Waals surface area (Å²) in [6.45, 7) is 3.63. The fourth-order valence-corrected chi connectivity index (χ4v) is 5.32. The number of rotatable bonds is 4. The monoisotopic (exact) mass is 308 g/mol. The van der Waals surface area contributed by atoms with Crippen LogP contribution in [-0.4, -0.2) is 18.1 Å². The Morgan fingerprint density at radius 3 is 2.67 bits per heavy atom. The molecular formula is C17H28N2OS. The number of hydrogen-bond donors (Lipinski definition) is 1. The molecule has 0 amide bonds. The van der Waals surface area contributed by atoms with Crippen molar-refractivity contribution in [3.05, 3.63) is 15.6 Å². The van der Waals surface area contributed by atoms with Crippen LogP contribution in [0.15, 0.2) is 0 Å². The largest absolute Gasteiger partial charge is 0.368 e. The van der Waals surface area contributed by atoms with Crippen LogP contribution in [0.2, 0.25) is 0 Å². The lowest BCUT2D eigenvalue weighted by molar-refractivity contribution is -0.0560. The number of aryl methyl sites for hydroxylation is 1. The molecular weight excluding hydrogens is 280 g/mol. The topological polar surface area (TPSA) is 48.1 Å². The molecule has 1 saturated carbocycles. The second-order valence-corrected chi connectivity index (χ2v) is 7.58. The molecule has 3 nitrogen and oxygen atoms in total. The van der Waals surface area contributed by atoms with Crippen LogP contribution >= 0.6 is 11.3 Å². The zero-order valence-electron chi connectivity index (χ0n) is 13.2. The van der Waals surface area contributed by atoms with Crippen molar-refractivity contribution < 1.29 is 4.74 Å². The highest BCUT2D eigenvalue weighted by atomic mass is 32.1. The van der Waals surface area contributed by atoms with Crippen LogP contribution in [0.5, 0.6) is 0 Å². The van der Waals surface area contributed by atoms with Gasteiger partial charge in [-0.05, 0) is 39.0 Å². The van der Waals surface area contributed by atoms with Gasteiger partial charge in [-0.2, -0.15) is 0 Å². The highest BCUT2D eigenvalue weighted by Gasteiger charge is 2.38. The molecule has 1 atom stereocenters. The smallest absolute Gasteiger partial charge is 0.125 e. The third-order valence-corrected chi connectivity index (χ3v) is 6.39. The maximum atomic E-state index is 6.30. The lowest BCUT2D eigenvalue weighted by Crippen LogP contribution is -2.29. The molecule has 0 spiro atoms. The molecule has 0 bridgehead atoms. The van der Waals surface area contributed by atoms with Gasteiger partial charge in [-0.15, -0.1) is 11.3 Å². The first kappa shape index (κ1) is 15.4. The van der Waals surface area contributed by atoms with Crippen molar-refractivity contribution in [2.45, 2.75) is 76.2 Å². The fraction of sp³-hybridized carbons (Fsp3) is 0.824. The Morgan fingerprint density at radius 1 is 1.24 bits per heavy atom. The van der Waals surface area contributed by atoms with E-state index in [-0.39, 0.29) is 5.60 Å². The quantitative estimate of drug-likeness (QED) is 0.852. The predicted molar refractivity (Wildman–Crippen MR) is 87.9 cm³/mol. The molecule has 1 heterocycles. The Kier molecular flexibility index (Phi) is 4.97. The third kappa shape index (κ3) is 3.03. The molecule has 3 rings (SSSR count). The molecule has 0 radical (unpaired) electrons. The van der Waals surface area contributed by atoms with E-state index < -0.39 is 0 Å². The first-order valence-electron chi connectivity index (χ1n) is 8.63. The number of hydrogen-bond acceptors (Lipinski definition) is 4. The van der Waals surface area contributed by atoms with Gasteiger partial charge in [0.15, 0.2) is 0 Å². The second-order valence-electron chi connectivity index (χ2n) is 6.49. The summed E-state index contributed by atoms with van der Waals surface area (Å²) in [5.74, 6) is 0.475.